The molecule has 0 radical (unpaired) electrons. The molecule has 0 amide bonds. The van der Waals surface area contributed by atoms with Gasteiger partial charge in [0, 0.05) is 5.56 Å². The minimum Gasteiger partial charge on any atom is -0.458 e. The van der Waals surface area contributed by atoms with Crippen molar-refractivity contribution in [2.75, 3.05) is 0 Å². The Kier molecular flexibility index (Phi) is 7.54. The molecule has 1 heteroatoms. The van der Waals surface area contributed by atoms with E-state index in [0.29, 0.717) is 5.76 Å². The second kappa shape index (κ2) is 10.5. The lowest BCUT2D eigenvalue weighted by Crippen LogP contribution is -1.96. The first-order chi connectivity index (χ1) is 15.8. The van der Waals surface area contributed by atoms with Crippen LogP contribution in [0.3, 0.4) is 0 Å². The van der Waals surface area contributed by atoms with Crippen LogP contribution in [0.15, 0.2) is 97.3 Å². The number of hydrogen-bond acceptors (Lipinski definition) is 1. The smallest absolute Gasteiger partial charge is 0.127 e. The predicted molar refractivity (Wildman–Crippen MR) is 144 cm³/mol. The fraction of sp³-hybridized carbons (Fsp3) is 0.125. The average Bonchev–Trinajstić information content (AvgIpc) is 2.75. The molecule has 1 nitrogen and oxygen atoms in total. The summed E-state index contributed by atoms with van der Waals surface area (Å²) in [4.78, 5) is 0. The highest BCUT2D eigenvalue weighted by atomic mass is 16.5. The summed E-state index contributed by atoms with van der Waals surface area (Å²) in [6.07, 6.45) is 15.8. The maximum Gasteiger partial charge on any atom is 0.127 e. The summed E-state index contributed by atoms with van der Waals surface area (Å²) in [5, 5.41) is 2.27. The van der Waals surface area contributed by atoms with Gasteiger partial charge in [-0.1, -0.05) is 79.3 Å². The van der Waals surface area contributed by atoms with Crippen LogP contribution in [-0.4, -0.2) is 0 Å². The molecule has 164 valence electrons. The Morgan fingerprint density at radius 3 is 2.33 bits per heavy atom. The quantitative estimate of drug-likeness (QED) is 0.207. The van der Waals surface area contributed by atoms with E-state index in [1.807, 2.05) is 42.5 Å². The van der Waals surface area contributed by atoms with Crippen LogP contribution in [0.2, 0.25) is 0 Å². The van der Waals surface area contributed by atoms with E-state index in [2.05, 4.69) is 77.1 Å². The summed E-state index contributed by atoms with van der Waals surface area (Å²) in [7, 11) is 0. The van der Waals surface area contributed by atoms with Crippen molar-refractivity contribution < 1.29 is 4.74 Å². The molecular weight excluding hydrogens is 400 g/mol. The molecule has 0 unspecified atom stereocenters. The Morgan fingerprint density at radius 2 is 1.70 bits per heavy atom. The van der Waals surface area contributed by atoms with Crippen molar-refractivity contribution in [3.63, 3.8) is 0 Å². The molecule has 0 fully saturated rings. The number of rotatable bonds is 7. The molecule has 0 saturated heterocycles. The molecule has 0 bridgehead atoms. The summed E-state index contributed by atoms with van der Waals surface area (Å²) < 4.78 is 5.96. The van der Waals surface area contributed by atoms with E-state index in [-0.39, 0.29) is 0 Å². The van der Waals surface area contributed by atoms with Crippen molar-refractivity contribution in [1.82, 2.24) is 0 Å². The van der Waals surface area contributed by atoms with Crippen LogP contribution < -0.4 is 4.74 Å². The van der Waals surface area contributed by atoms with Crippen LogP contribution in [0.4, 0.5) is 0 Å². The first-order valence-electron chi connectivity index (χ1n) is 11.0. The molecule has 0 aliphatic rings. The first-order valence-corrected chi connectivity index (χ1v) is 11.0. The lowest BCUT2D eigenvalue weighted by molar-refractivity contribution is 0.446. The van der Waals surface area contributed by atoms with E-state index >= 15 is 0 Å². The molecule has 0 aliphatic heterocycles. The molecular formula is C32H30O. The molecule has 3 rings (SSSR count). The Balaban J connectivity index is 2.06. The largest absolute Gasteiger partial charge is 0.458 e. The van der Waals surface area contributed by atoms with Crippen molar-refractivity contribution in [3.8, 4) is 18.1 Å². The summed E-state index contributed by atoms with van der Waals surface area (Å²) in [6, 6.07) is 16.6. The lowest BCUT2D eigenvalue weighted by Gasteiger charge is -2.14. The number of hydrogen-bond donors (Lipinski definition) is 0. The van der Waals surface area contributed by atoms with E-state index in [9.17, 15) is 0 Å². The van der Waals surface area contributed by atoms with E-state index in [0.717, 1.165) is 49.9 Å². The van der Waals surface area contributed by atoms with Gasteiger partial charge in [0.05, 0.1) is 0 Å². The summed E-state index contributed by atoms with van der Waals surface area (Å²) in [5.74, 6) is 4.25. The third-order valence-electron chi connectivity index (χ3n) is 5.17. The van der Waals surface area contributed by atoms with Gasteiger partial charge in [0.1, 0.15) is 11.5 Å². The third-order valence-corrected chi connectivity index (χ3v) is 5.17. The molecule has 0 aliphatic carbocycles. The first kappa shape index (κ1) is 23.6. The van der Waals surface area contributed by atoms with Gasteiger partial charge in [-0.15, -0.1) is 6.42 Å². The highest BCUT2D eigenvalue weighted by Crippen LogP contribution is 2.32. The molecule has 33 heavy (non-hydrogen) atoms. The summed E-state index contributed by atoms with van der Waals surface area (Å²) in [5.41, 5.74) is 7.31. The molecule has 0 N–H and O–H groups in total. The van der Waals surface area contributed by atoms with Gasteiger partial charge in [-0.05, 0) is 90.6 Å². The zero-order valence-corrected chi connectivity index (χ0v) is 19.9. The van der Waals surface area contributed by atoms with E-state index < -0.39 is 0 Å². The van der Waals surface area contributed by atoms with E-state index in [1.54, 1.807) is 6.08 Å². The summed E-state index contributed by atoms with van der Waals surface area (Å²) in [6.45, 7) is 16.2. The Bertz CT molecular complexity index is 1330. The van der Waals surface area contributed by atoms with Crippen molar-refractivity contribution in [3.05, 3.63) is 125 Å². The topological polar surface area (TPSA) is 9.23 Å². The predicted octanol–water partition coefficient (Wildman–Crippen LogP) is 8.58. The molecule has 0 spiro atoms. The maximum atomic E-state index is 6.04. The highest BCUT2D eigenvalue weighted by molar-refractivity contribution is 5.98. The zero-order chi connectivity index (χ0) is 24.0. The molecule has 0 aromatic heterocycles. The lowest BCUT2D eigenvalue weighted by atomic mass is 9.89. The zero-order valence-electron chi connectivity index (χ0n) is 19.9. The van der Waals surface area contributed by atoms with Gasteiger partial charge in [-0.25, -0.2) is 0 Å². The van der Waals surface area contributed by atoms with E-state index in [1.165, 1.54) is 5.57 Å². The van der Waals surface area contributed by atoms with Crippen LogP contribution in [0.5, 0.6) is 5.75 Å². The number of aryl methyl sites for hydroxylation is 2. The number of fused-ring (bicyclic) bond motifs is 1. The van der Waals surface area contributed by atoms with Gasteiger partial charge in [0.2, 0.25) is 0 Å². The van der Waals surface area contributed by atoms with Crippen LogP contribution in [-0.2, 0) is 0 Å². The molecule has 3 aromatic rings. The molecule has 0 saturated carbocycles. The fourth-order valence-corrected chi connectivity index (χ4v) is 3.92. The van der Waals surface area contributed by atoms with Gasteiger partial charge in [0.15, 0.2) is 0 Å². The van der Waals surface area contributed by atoms with Gasteiger partial charge in [-0.2, -0.15) is 0 Å². The standard InChI is InChI=1S/C32H30O/c1-8-12-26(16-15-25(7)33-28-19-23(5)18-24(6)20-28)31-21-27-13-10-11-14-30(27)32(17-22(3)4)29(31)9-2/h2,8,10-21H,1,7H2,3-6H3/b16-15-,26-12+. The van der Waals surface area contributed by atoms with Gasteiger partial charge in [0.25, 0.3) is 0 Å². The number of allylic oxidation sites excluding steroid dienone is 6. The van der Waals surface area contributed by atoms with Crippen LogP contribution in [0, 0.1) is 26.2 Å². The van der Waals surface area contributed by atoms with Gasteiger partial charge in [-0.3, -0.25) is 0 Å². The Hall–Kier alpha value is -4.02. The summed E-state index contributed by atoms with van der Waals surface area (Å²) >= 11 is 0. The molecule has 0 heterocycles. The van der Waals surface area contributed by atoms with Crippen molar-refractivity contribution in [1.29, 1.82) is 0 Å². The molecule has 0 atom stereocenters. The monoisotopic (exact) mass is 430 g/mol. The third kappa shape index (κ3) is 5.82. The molecule has 3 aromatic carbocycles. The SMILES string of the molecule is C#Cc1c(C(/C=C\C(=C)Oc2cc(C)cc(C)c2)=C/C=C)cc2ccccc2c1C=C(C)C. The second-order valence-corrected chi connectivity index (χ2v) is 8.38. The fourth-order valence-electron chi connectivity index (χ4n) is 3.92. The normalized spacial score (nSPS) is 11.3. The maximum absolute atomic E-state index is 6.04. The van der Waals surface area contributed by atoms with E-state index in [4.69, 9.17) is 11.2 Å². The number of ether oxygens (including phenoxy) is 1. The Morgan fingerprint density at radius 1 is 1.00 bits per heavy atom. The van der Waals surface area contributed by atoms with Crippen LogP contribution >= 0.6 is 0 Å². The number of terminal acetylenes is 1. The van der Waals surface area contributed by atoms with Crippen LogP contribution in [0.25, 0.3) is 22.4 Å². The highest BCUT2D eigenvalue weighted by Gasteiger charge is 2.13. The second-order valence-electron chi connectivity index (χ2n) is 8.38. The minimum atomic E-state index is 0.544. The minimum absolute atomic E-state index is 0.544. The van der Waals surface area contributed by atoms with Gasteiger partial charge >= 0.3 is 0 Å². The van der Waals surface area contributed by atoms with Crippen molar-refractivity contribution in [2.45, 2.75) is 27.7 Å². The van der Waals surface area contributed by atoms with Crippen molar-refractivity contribution in [2.24, 2.45) is 0 Å². The Labute approximate surface area is 198 Å². The number of benzene rings is 3. The van der Waals surface area contributed by atoms with Crippen molar-refractivity contribution >= 4 is 22.4 Å². The van der Waals surface area contributed by atoms with Crippen LogP contribution in [0.1, 0.15) is 41.7 Å². The van der Waals surface area contributed by atoms with Gasteiger partial charge < -0.3 is 4.74 Å². The average molecular weight is 431 g/mol.